The van der Waals surface area contributed by atoms with Crippen molar-refractivity contribution in [1.29, 1.82) is 0 Å². The Labute approximate surface area is 127 Å². The first-order chi connectivity index (χ1) is 9.77. The van der Waals surface area contributed by atoms with E-state index >= 15 is 0 Å². The van der Waals surface area contributed by atoms with Gasteiger partial charge in [0, 0.05) is 5.57 Å². The van der Waals surface area contributed by atoms with Crippen molar-refractivity contribution >= 4 is 17.8 Å². The zero-order chi connectivity index (χ0) is 16.2. The smallest absolute Gasteiger partial charge is 0.313 e. The van der Waals surface area contributed by atoms with Crippen LogP contribution in [-0.4, -0.2) is 12.3 Å². The van der Waals surface area contributed by atoms with Gasteiger partial charge in [-0.2, -0.15) is 0 Å². The van der Waals surface area contributed by atoms with E-state index in [0.717, 1.165) is 23.0 Å². The van der Waals surface area contributed by atoms with E-state index in [-0.39, 0.29) is 11.9 Å². The van der Waals surface area contributed by atoms with Crippen LogP contribution in [0.15, 0.2) is 23.8 Å². The van der Waals surface area contributed by atoms with E-state index in [1.807, 2.05) is 19.9 Å². The highest BCUT2D eigenvalue weighted by molar-refractivity contribution is 6.08. The van der Waals surface area contributed by atoms with Crippen molar-refractivity contribution in [2.45, 2.75) is 41.5 Å². The van der Waals surface area contributed by atoms with Crippen LogP contribution in [0.4, 0.5) is 0 Å². The Bertz CT molecular complexity index is 566. The molecule has 3 heteroatoms. The molecule has 0 amide bonds. The van der Waals surface area contributed by atoms with Crippen LogP contribution in [0.3, 0.4) is 0 Å². The van der Waals surface area contributed by atoms with Crippen LogP contribution in [0, 0.1) is 18.8 Å². The highest BCUT2D eigenvalue weighted by Gasteiger charge is 2.13. The number of allylic oxidation sites excluding steroid dienone is 2. The maximum absolute atomic E-state index is 11.6. The Hall–Kier alpha value is -1.90. The lowest BCUT2D eigenvalue weighted by Gasteiger charge is -2.14. The summed E-state index contributed by atoms with van der Waals surface area (Å²) in [5.41, 5.74) is 3.58. The molecule has 0 atom stereocenters. The van der Waals surface area contributed by atoms with E-state index in [1.165, 1.54) is 0 Å². The van der Waals surface area contributed by atoms with Gasteiger partial charge in [0.1, 0.15) is 5.75 Å². The lowest BCUT2D eigenvalue weighted by atomic mass is 9.92. The fourth-order valence-electron chi connectivity index (χ4n) is 1.92. The second-order valence-corrected chi connectivity index (χ2v) is 5.92. The van der Waals surface area contributed by atoms with Gasteiger partial charge >= 0.3 is 5.97 Å². The summed E-state index contributed by atoms with van der Waals surface area (Å²) in [4.78, 5) is 23.0. The van der Waals surface area contributed by atoms with Gasteiger partial charge in [0.25, 0.3) is 0 Å². The topological polar surface area (TPSA) is 43.4 Å². The average Bonchev–Trinajstić information content (AvgIpc) is 2.41. The van der Waals surface area contributed by atoms with Crippen LogP contribution < -0.4 is 4.74 Å². The molecule has 0 aromatic heterocycles. The van der Waals surface area contributed by atoms with Crippen molar-refractivity contribution in [3.63, 3.8) is 0 Å². The predicted octanol–water partition coefficient (Wildman–Crippen LogP) is 4.18. The second-order valence-electron chi connectivity index (χ2n) is 5.92. The van der Waals surface area contributed by atoms with Crippen molar-refractivity contribution in [3.05, 3.63) is 34.9 Å². The van der Waals surface area contributed by atoms with Crippen LogP contribution in [0.5, 0.6) is 5.75 Å². The zero-order valence-corrected chi connectivity index (χ0v) is 13.7. The van der Waals surface area contributed by atoms with Crippen molar-refractivity contribution in [2.75, 3.05) is 0 Å². The number of carbonyl (C=O) groups excluding carboxylic acids is 2. The Balaban J connectivity index is 3.16. The third-order valence-corrected chi connectivity index (χ3v) is 3.59. The molecule has 21 heavy (non-hydrogen) atoms. The first kappa shape index (κ1) is 17.2. The molecule has 0 saturated carbocycles. The van der Waals surface area contributed by atoms with Crippen LogP contribution in [0.1, 0.15) is 45.7 Å². The third-order valence-electron chi connectivity index (χ3n) is 3.59. The molecule has 0 spiro atoms. The van der Waals surface area contributed by atoms with Crippen LogP contribution >= 0.6 is 0 Å². The Kier molecular flexibility index (Phi) is 5.89. The molecular weight excluding hydrogens is 264 g/mol. The van der Waals surface area contributed by atoms with Gasteiger partial charge in [-0.3, -0.25) is 9.59 Å². The van der Waals surface area contributed by atoms with Gasteiger partial charge < -0.3 is 4.74 Å². The standard InChI is InChI=1S/C18H24O3/c1-11(2)14(6)17(10-19)16-8-7-15(9-13(16)5)21-18(20)12(3)4/h7-12H,1-6H3/b17-14+. The molecule has 0 N–H and O–H groups in total. The summed E-state index contributed by atoms with van der Waals surface area (Å²) in [7, 11) is 0. The van der Waals surface area contributed by atoms with Crippen LogP contribution in [-0.2, 0) is 9.59 Å². The number of benzene rings is 1. The van der Waals surface area contributed by atoms with Crippen molar-refractivity contribution < 1.29 is 14.3 Å². The van der Waals surface area contributed by atoms with Gasteiger partial charge in [0.05, 0.1) is 5.92 Å². The molecule has 0 aliphatic heterocycles. The SMILES string of the molecule is C/C(=C(/C=O)c1ccc(OC(=O)C(C)C)cc1C)C(C)C. The number of aryl methyl sites for hydroxylation is 1. The van der Waals surface area contributed by atoms with Gasteiger partial charge in [-0.15, -0.1) is 0 Å². The Morgan fingerprint density at radius 2 is 1.76 bits per heavy atom. The summed E-state index contributed by atoms with van der Waals surface area (Å²) in [6.07, 6.45) is 0.900. The molecule has 0 fully saturated rings. The highest BCUT2D eigenvalue weighted by atomic mass is 16.5. The zero-order valence-electron chi connectivity index (χ0n) is 13.7. The first-order valence-electron chi connectivity index (χ1n) is 7.26. The van der Waals surface area contributed by atoms with Gasteiger partial charge in [-0.1, -0.05) is 39.3 Å². The fraction of sp³-hybridized carbons (Fsp3) is 0.444. The summed E-state index contributed by atoms with van der Waals surface area (Å²) in [6, 6.07) is 5.38. The number of hydrogen-bond acceptors (Lipinski definition) is 3. The van der Waals surface area contributed by atoms with E-state index in [4.69, 9.17) is 4.74 Å². The molecule has 3 nitrogen and oxygen atoms in total. The van der Waals surface area contributed by atoms with E-state index in [1.54, 1.807) is 26.0 Å². The minimum absolute atomic E-state index is 0.168. The largest absolute Gasteiger partial charge is 0.426 e. The lowest BCUT2D eigenvalue weighted by molar-refractivity contribution is -0.137. The normalized spacial score (nSPS) is 12.4. The van der Waals surface area contributed by atoms with Crippen molar-refractivity contribution in [3.8, 4) is 5.75 Å². The number of aldehydes is 1. The number of esters is 1. The summed E-state index contributed by atoms with van der Waals surface area (Å²) in [6.45, 7) is 11.6. The molecule has 1 aromatic rings. The number of rotatable bonds is 5. The van der Waals surface area contributed by atoms with Gasteiger partial charge in [-0.05, 0) is 43.0 Å². The molecular formula is C18H24O3. The summed E-state index contributed by atoms with van der Waals surface area (Å²) in [5, 5.41) is 0. The minimum atomic E-state index is -0.258. The number of carbonyl (C=O) groups is 2. The summed E-state index contributed by atoms with van der Waals surface area (Å²) >= 11 is 0. The van der Waals surface area contributed by atoms with E-state index in [2.05, 4.69) is 13.8 Å². The Morgan fingerprint density at radius 3 is 2.19 bits per heavy atom. The molecule has 1 rings (SSSR count). The van der Waals surface area contributed by atoms with E-state index in [9.17, 15) is 9.59 Å². The van der Waals surface area contributed by atoms with Crippen molar-refractivity contribution in [1.82, 2.24) is 0 Å². The maximum atomic E-state index is 11.6. The molecule has 1 aromatic carbocycles. The molecule has 0 aliphatic carbocycles. The third kappa shape index (κ3) is 4.28. The lowest BCUT2D eigenvalue weighted by Crippen LogP contribution is -2.14. The predicted molar refractivity (Wildman–Crippen MR) is 85.1 cm³/mol. The molecule has 0 saturated heterocycles. The molecule has 0 aliphatic rings. The van der Waals surface area contributed by atoms with Crippen LogP contribution in [0.2, 0.25) is 0 Å². The number of ether oxygens (including phenoxy) is 1. The molecule has 114 valence electrons. The second kappa shape index (κ2) is 7.21. The fourth-order valence-corrected chi connectivity index (χ4v) is 1.92. The van der Waals surface area contributed by atoms with Gasteiger partial charge in [0.2, 0.25) is 0 Å². The molecule has 0 radical (unpaired) electrons. The van der Waals surface area contributed by atoms with E-state index in [0.29, 0.717) is 17.2 Å². The monoisotopic (exact) mass is 288 g/mol. The van der Waals surface area contributed by atoms with Crippen LogP contribution in [0.25, 0.3) is 5.57 Å². The quantitative estimate of drug-likeness (QED) is 0.353. The maximum Gasteiger partial charge on any atom is 0.313 e. The average molecular weight is 288 g/mol. The Morgan fingerprint density at radius 1 is 1.14 bits per heavy atom. The van der Waals surface area contributed by atoms with Crippen molar-refractivity contribution in [2.24, 2.45) is 11.8 Å². The molecule has 0 bridgehead atoms. The first-order valence-corrected chi connectivity index (χ1v) is 7.26. The molecule has 0 unspecified atom stereocenters. The molecule has 0 heterocycles. The van der Waals surface area contributed by atoms with Gasteiger partial charge in [0.15, 0.2) is 6.29 Å². The van der Waals surface area contributed by atoms with E-state index < -0.39 is 0 Å². The number of hydrogen-bond donors (Lipinski definition) is 0. The summed E-state index contributed by atoms with van der Waals surface area (Å²) in [5.74, 6) is 0.399. The highest BCUT2D eigenvalue weighted by Crippen LogP contribution is 2.27. The minimum Gasteiger partial charge on any atom is -0.426 e. The van der Waals surface area contributed by atoms with Gasteiger partial charge in [-0.25, -0.2) is 0 Å². The summed E-state index contributed by atoms with van der Waals surface area (Å²) < 4.78 is 5.29.